The minimum absolute atomic E-state index is 0.0291. The van der Waals surface area contributed by atoms with E-state index in [1.165, 1.54) is 0 Å². The van der Waals surface area contributed by atoms with Crippen LogP contribution in [0.4, 0.5) is 4.79 Å². The van der Waals surface area contributed by atoms with Gasteiger partial charge in [0.2, 0.25) is 5.91 Å². The Morgan fingerprint density at radius 3 is 2.55 bits per heavy atom. The summed E-state index contributed by atoms with van der Waals surface area (Å²) >= 11 is 0. The standard InChI is InChI=1S/C15H21N3O2/c1-15(2)13(19)17(3)9-10-18(15)14(20)16-11-12-7-5-4-6-8-12/h4-8H,9-11H2,1-3H3,(H,16,20). The maximum Gasteiger partial charge on any atom is 0.318 e. The topological polar surface area (TPSA) is 52.6 Å². The molecule has 0 radical (unpaired) electrons. The molecular formula is C15H21N3O2. The van der Waals surface area contributed by atoms with Gasteiger partial charge in [0.25, 0.3) is 0 Å². The highest BCUT2D eigenvalue weighted by Crippen LogP contribution is 2.21. The Morgan fingerprint density at radius 2 is 1.90 bits per heavy atom. The van der Waals surface area contributed by atoms with E-state index in [1.807, 2.05) is 30.3 Å². The van der Waals surface area contributed by atoms with Crippen molar-refractivity contribution in [2.45, 2.75) is 25.9 Å². The quantitative estimate of drug-likeness (QED) is 0.888. The molecule has 0 aliphatic carbocycles. The molecule has 0 unspecified atom stereocenters. The van der Waals surface area contributed by atoms with Crippen molar-refractivity contribution < 1.29 is 9.59 Å². The number of urea groups is 1. The van der Waals surface area contributed by atoms with Crippen molar-refractivity contribution in [3.8, 4) is 0 Å². The summed E-state index contributed by atoms with van der Waals surface area (Å²) in [6.07, 6.45) is 0. The molecule has 0 atom stereocenters. The number of carbonyl (C=O) groups is 2. The molecule has 1 saturated heterocycles. The lowest BCUT2D eigenvalue weighted by atomic mass is 9.98. The van der Waals surface area contributed by atoms with Crippen LogP contribution in [0.15, 0.2) is 30.3 Å². The number of amides is 3. The molecule has 1 fully saturated rings. The van der Waals surface area contributed by atoms with Crippen molar-refractivity contribution in [2.24, 2.45) is 0 Å². The highest BCUT2D eigenvalue weighted by atomic mass is 16.2. The van der Waals surface area contributed by atoms with Crippen LogP contribution in [0.3, 0.4) is 0 Å². The van der Waals surface area contributed by atoms with Gasteiger partial charge >= 0.3 is 6.03 Å². The fourth-order valence-corrected chi connectivity index (χ4v) is 2.44. The number of rotatable bonds is 2. The van der Waals surface area contributed by atoms with Crippen LogP contribution in [0, 0.1) is 0 Å². The molecule has 1 aromatic carbocycles. The number of nitrogens with zero attached hydrogens (tertiary/aromatic N) is 2. The normalized spacial score (nSPS) is 18.1. The smallest absolute Gasteiger partial charge is 0.318 e. The van der Waals surface area contributed by atoms with Crippen LogP contribution >= 0.6 is 0 Å². The lowest BCUT2D eigenvalue weighted by Gasteiger charge is -2.44. The van der Waals surface area contributed by atoms with Crippen LogP contribution < -0.4 is 5.32 Å². The lowest BCUT2D eigenvalue weighted by Crippen LogP contribution is -2.65. The molecule has 0 bridgehead atoms. The van der Waals surface area contributed by atoms with Gasteiger partial charge in [-0.25, -0.2) is 4.79 Å². The number of piperazine rings is 1. The summed E-state index contributed by atoms with van der Waals surface area (Å²) in [4.78, 5) is 27.7. The maximum absolute atomic E-state index is 12.3. The fraction of sp³-hybridized carbons (Fsp3) is 0.467. The van der Waals surface area contributed by atoms with E-state index in [9.17, 15) is 9.59 Å². The lowest BCUT2D eigenvalue weighted by molar-refractivity contribution is -0.144. The molecule has 1 aliphatic rings. The molecular weight excluding hydrogens is 254 g/mol. The largest absolute Gasteiger partial charge is 0.342 e. The van der Waals surface area contributed by atoms with Gasteiger partial charge in [-0.15, -0.1) is 0 Å². The molecule has 20 heavy (non-hydrogen) atoms. The Kier molecular flexibility index (Phi) is 3.97. The zero-order valence-corrected chi connectivity index (χ0v) is 12.2. The average molecular weight is 275 g/mol. The number of hydrogen-bond donors (Lipinski definition) is 1. The first-order valence-corrected chi connectivity index (χ1v) is 6.78. The van der Waals surface area contributed by atoms with E-state index < -0.39 is 5.54 Å². The number of hydrogen-bond acceptors (Lipinski definition) is 2. The van der Waals surface area contributed by atoms with Crippen LogP contribution in [0.25, 0.3) is 0 Å². The van der Waals surface area contributed by atoms with Gasteiger partial charge in [0, 0.05) is 26.7 Å². The molecule has 5 heteroatoms. The molecule has 5 nitrogen and oxygen atoms in total. The van der Waals surface area contributed by atoms with E-state index in [2.05, 4.69) is 5.32 Å². The van der Waals surface area contributed by atoms with Crippen molar-refractivity contribution in [1.29, 1.82) is 0 Å². The number of benzene rings is 1. The molecule has 0 aromatic heterocycles. The molecule has 2 rings (SSSR count). The first kappa shape index (κ1) is 14.4. The van der Waals surface area contributed by atoms with E-state index >= 15 is 0 Å². The Hall–Kier alpha value is -2.04. The van der Waals surface area contributed by atoms with E-state index in [0.717, 1.165) is 5.56 Å². The first-order valence-electron chi connectivity index (χ1n) is 6.78. The predicted octanol–water partition coefficient (Wildman–Crippen LogP) is 1.45. The van der Waals surface area contributed by atoms with Crippen molar-refractivity contribution in [1.82, 2.24) is 15.1 Å². The summed E-state index contributed by atoms with van der Waals surface area (Å²) in [5.41, 5.74) is 0.243. The first-order chi connectivity index (χ1) is 9.43. The molecule has 1 aliphatic heterocycles. The maximum atomic E-state index is 12.3. The molecule has 1 N–H and O–H groups in total. The molecule has 1 aromatic rings. The molecule has 108 valence electrons. The second-order valence-electron chi connectivity index (χ2n) is 5.58. The third kappa shape index (κ3) is 2.76. The minimum Gasteiger partial charge on any atom is -0.342 e. The second-order valence-corrected chi connectivity index (χ2v) is 5.58. The SMILES string of the molecule is CN1CCN(C(=O)NCc2ccccc2)C(C)(C)C1=O. The van der Waals surface area contributed by atoms with Gasteiger partial charge in [-0.2, -0.15) is 0 Å². The minimum atomic E-state index is -0.798. The van der Waals surface area contributed by atoms with Crippen LogP contribution in [0.5, 0.6) is 0 Å². The third-order valence-electron chi connectivity index (χ3n) is 3.74. The molecule has 3 amide bonds. The average Bonchev–Trinajstić information content (AvgIpc) is 2.43. The van der Waals surface area contributed by atoms with Crippen molar-refractivity contribution in [3.63, 3.8) is 0 Å². The van der Waals surface area contributed by atoms with Crippen LogP contribution in [0.1, 0.15) is 19.4 Å². The predicted molar refractivity (Wildman–Crippen MR) is 77.1 cm³/mol. The highest BCUT2D eigenvalue weighted by Gasteiger charge is 2.42. The fourth-order valence-electron chi connectivity index (χ4n) is 2.44. The molecule has 1 heterocycles. The van der Waals surface area contributed by atoms with Crippen LogP contribution in [-0.2, 0) is 11.3 Å². The van der Waals surface area contributed by atoms with Gasteiger partial charge in [-0.3, -0.25) is 4.79 Å². The van der Waals surface area contributed by atoms with Crippen molar-refractivity contribution in [3.05, 3.63) is 35.9 Å². The second kappa shape index (κ2) is 5.53. The van der Waals surface area contributed by atoms with Crippen molar-refractivity contribution in [2.75, 3.05) is 20.1 Å². The van der Waals surface area contributed by atoms with E-state index in [-0.39, 0.29) is 11.9 Å². The molecule has 0 spiro atoms. The summed E-state index contributed by atoms with van der Waals surface area (Å²) in [6, 6.07) is 9.53. The zero-order valence-electron chi connectivity index (χ0n) is 12.2. The third-order valence-corrected chi connectivity index (χ3v) is 3.74. The van der Waals surface area contributed by atoms with E-state index in [4.69, 9.17) is 0 Å². The van der Waals surface area contributed by atoms with E-state index in [0.29, 0.717) is 19.6 Å². The number of likely N-dealkylation sites (N-methyl/N-ethyl adjacent to an activating group) is 1. The number of carbonyl (C=O) groups excluding carboxylic acids is 2. The van der Waals surface area contributed by atoms with Gasteiger partial charge in [-0.1, -0.05) is 30.3 Å². The Balaban J connectivity index is 2.00. The Morgan fingerprint density at radius 1 is 1.25 bits per heavy atom. The van der Waals surface area contributed by atoms with Gasteiger partial charge in [-0.05, 0) is 19.4 Å². The van der Waals surface area contributed by atoms with Gasteiger partial charge in [0.1, 0.15) is 5.54 Å². The van der Waals surface area contributed by atoms with Crippen LogP contribution in [0.2, 0.25) is 0 Å². The summed E-state index contributed by atoms with van der Waals surface area (Å²) in [6.45, 7) is 5.16. The Labute approximate surface area is 119 Å². The Bertz CT molecular complexity index is 499. The number of nitrogens with one attached hydrogen (secondary N) is 1. The van der Waals surface area contributed by atoms with Gasteiger partial charge in [0.05, 0.1) is 0 Å². The van der Waals surface area contributed by atoms with Gasteiger partial charge in [0.15, 0.2) is 0 Å². The summed E-state index contributed by atoms with van der Waals surface area (Å²) in [5.74, 6) is -0.0291. The van der Waals surface area contributed by atoms with Gasteiger partial charge < -0.3 is 15.1 Å². The van der Waals surface area contributed by atoms with Crippen LogP contribution in [-0.4, -0.2) is 47.4 Å². The summed E-state index contributed by atoms with van der Waals surface area (Å²) in [7, 11) is 1.77. The summed E-state index contributed by atoms with van der Waals surface area (Å²) in [5, 5.41) is 2.88. The molecule has 0 saturated carbocycles. The van der Waals surface area contributed by atoms with E-state index in [1.54, 1.807) is 30.7 Å². The summed E-state index contributed by atoms with van der Waals surface area (Å²) < 4.78 is 0. The monoisotopic (exact) mass is 275 g/mol. The zero-order chi connectivity index (χ0) is 14.8. The van der Waals surface area contributed by atoms with Crippen molar-refractivity contribution >= 4 is 11.9 Å². The highest BCUT2D eigenvalue weighted by molar-refractivity contribution is 5.91.